The number of rotatable bonds is 6. The number of carbonyl (C=O) groups excluding carboxylic acids is 1. The fourth-order valence-electron chi connectivity index (χ4n) is 3.38. The molecule has 0 spiro atoms. The monoisotopic (exact) mass is 350 g/mol. The van der Waals surface area contributed by atoms with E-state index in [0.717, 1.165) is 17.5 Å². The minimum absolute atomic E-state index is 0.206. The van der Waals surface area contributed by atoms with Crippen molar-refractivity contribution >= 4 is 18.1 Å². The van der Waals surface area contributed by atoms with Crippen LogP contribution in [-0.2, 0) is 16.0 Å². The molecule has 1 saturated heterocycles. The summed E-state index contributed by atoms with van der Waals surface area (Å²) in [5, 5.41) is 9.12. The van der Waals surface area contributed by atoms with E-state index in [2.05, 4.69) is 0 Å². The molecule has 1 heterocycles. The SMILES string of the molecule is O=C(O)CN1CCCC(Cc2ccccc2)(/N=C/c2ccccc2)C1=O. The molecule has 1 fully saturated rings. The third kappa shape index (κ3) is 4.17. The van der Waals surface area contributed by atoms with Crippen molar-refractivity contribution in [3.8, 4) is 0 Å². The Balaban J connectivity index is 1.94. The summed E-state index contributed by atoms with van der Waals surface area (Å²) in [6.07, 6.45) is 3.54. The molecule has 5 nitrogen and oxygen atoms in total. The molecule has 2 aromatic rings. The number of aliphatic imine (C=N–C) groups is 1. The molecular weight excluding hydrogens is 328 g/mol. The Morgan fingerprint density at radius 2 is 1.77 bits per heavy atom. The lowest BCUT2D eigenvalue weighted by Crippen LogP contribution is -2.54. The lowest BCUT2D eigenvalue weighted by molar-refractivity contribution is -0.149. The predicted octanol–water partition coefficient (Wildman–Crippen LogP) is 2.79. The van der Waals surface area contributed by atoms with Gasteiger partial charge in [-0.1, -0.05) is 60.7 Å². The van der Waals surface area contributed by atoms with Crippen LogP contribution in [0.1, 0.15) is 24.0 Å². The van der Waals surface area contributed by atoms with Gasteiger partial charge in [-0.05, 0) is 24.0 Å². The van der Waals surface area contributed by atoms with Crippen LogP contribution in [0.3, 0.4) is 0 Å². The first-order chi connectivity index (χ1) is 12.6. The molecule has 26 heavy (non-hydrogen) atoms. The van der Waals surface area contributed by atoms with Crippen LogP contribution in [0.25, 0.3) is 0 Å². The molecular formula is C21H22N2O3. The largest absolute Gasteiger partial charge is 0.480 e. The molecule has 2 aromatic carbocycles. The number of benzene rings is 2. The Kier molecular flexibility index (Phi) is 5.46. The Morgan fingerprint density at radius 3 is 2.42 bits per heavy atom. The van der Waals surface area contributed by atoms with Crippen molar-refractivity contribution in [2.45, 2.75) is 24.8 Å². The lowest BCUT2D eigenvalue weighted by Gasteiger charge is -2.38. The van der Waals surface area contributed by atoms with E-state index in [-0.39, 0.29) is 12.5 Å². The molecule has 1 aliphatic rings. The summed E-state index contributed by atoms with van der Waals surface area (Å²) in [6, 6.07) is 19.4. The molecule has 0 aromatic heterocycles. The summed E-state index contributed by atoms with van der Waals surface area (Å²) in [5.41, 5.74) is 0.983. The highest BCUT2D eigenvalue weighted by Gasteiger charge is 2.44. The fraction of sp³-hybridized carbons (Fsp3) is 0.286. The minimum Gasteiger partial charge on any atom is -0.480 e. The summed E-state index contributed by atoms with van der Waals surface area (Å²) in [4.78, 5) is 30.4. The highest BCUT2D eigenvalue weighted by Crippen LogP contribution is 2.30. The van der Waals surface area contributed by atoms with E-state index in [1.54, 1.807) is 6.21 Å². The second-order valence-electron chi connectivity index (χ2n) is 6.59. The highest BCUT2D eigenvalue weighted by molar-refractivity contribution is 5.92. The van der Waals surface area contributed by atoms with Gasteiger partial charge in [0.05, 0.1) is 0 Å². The molecule has 1 N–H and O–H groups in total. The average Bonchev–Trinajstić information content (AvgIpc) is 2.65. The first-order valence-electron chi connectivity index (χ1n) is 8.74. The summed E-state index contributed by atoms with van der Waals surface area (Å²) in [7, 11) is 0. The van der Waals surface area contributed by atoms with Gasteiger partial charge in [-0.2, -0.15) is 0 Å². The van der Waals surface area contributed by atoms with Crippen LogP contribution in [0.2, 0.25) is 0 Å². The van der Waals surface area contributed by atoms with Crippen LogP contribution >= 0.6 is 0 Å². The van der Waals surface area contributed by atoms with Crippen LogP contribution in [0, 0.1) is 0 Å². The molecule has 1 atom stereocenters. The van der Waals surface area contributed by atoms with Crippen molar-refractivity contribution in [3.63, 3.8) is 0 Å². The second-order valence-corrected chi connectivity index (χ2v) is 6.59. The standard InChI is InChI=1S/C21H22N2O3/c24-19(25)16-23-13-7-12-21(20(23)26,14-17-8-3-1-4-9-17)22-15-18-10-5-2-6-11-18/h1-6,8-11,15H,7,12-14,16H2,(H,24,25)/b22-15+. The van der Waals surface area contributed by atoms with Gasteiger partial charge in [0.2, 0.25) is 0 Å². The van der Waals surface area contributed by atoms with Gasteiger partial charge in [0.15, 0.2) is 0 Å². The maximum Gasteiger partial charge on any atom is 0.323 e. The first-order valence-corrected chi connectivity index (χ1v) is 8.74. The normalized spacial score (nSPS) is 20.5. The van der Waals surface area contributed by atoms with Gasteiger partial charge < -0.3 is 10.0 Å². The second kappa shape index (κ2) is 7.95. The molecule has 0 radical (unpaired) electrons. The number of aliphatic carboxylic acids is 1. The highest BCUT2D eigenvalue weighted by atomic mass is 16.4. The zero-order valence-electron chi connectivity index (χ0n) is 14.5. The number of piperidine rings is 1. The number of hydrogen-bond donors (Lipinski definition) is 1. The van der Waals surface area contributed by atoms with E-state index in [0.29, 0.717) is 19.4 Å². The maximum atomic E-state index is 13.2. The van der Waals surface area contributed by atoms with E-state index in [1.807, 2.05) is 60.7 Å². The molecule has 0 saturated carbocycles. The van der Waals surface area contributed by atoms with Crippen LogP contribution in [0.15, 0.2) is 65.7 Å². The summed E-state index contributed by atoms with van der Waals surface area (Å²) < 4.78 is 0. The van der Waals surface area contributed by atoms with E-state index in [9.17, 15) is 9.59 Å². The van der Waals surface area contributed by atoms with Crippen LogP contribution in [0.5, 0.6) is 0 Å². The maximum absolute atomic E-state index is 13.2. The number of nitrogens with zero attached hydrogens (tertiary/aromatic N) is 2. The van der Waals surface area contributed by atoms with Crippen molar-refractivity contribution in [1.82, 2.24) is 4.90 Å². The lowest BCUT2D eigenvalue weighted by atomic mass is 9.82. The van der Waals surface area contributed by atoms with Crippen LogP contribution < -0.4 is 0 Å². The van der Waals surface area contributed by atoms with Gasteiger partial charge >= 0.3 is 5.97 Å². The molecule has 1 aliphatic heterocycles. The van der Waals surface area contributed by atoms with Gasteiger partial charge in [0, 0.05) is 19.2 Å². The van der Waals surface area contributed by atoms with E-state index in [4.69, 9.17) is 10.1 Å². The fourth-order valence-corrected chi connectivity index (χ4v) is 3.38. The molecule has 1 unspecified atom stereocenters. The average molecular weight is 350 g/mol. The Bertz CT molecular complexity index is 789. The van der Waals surface area contributed by atoms with Crippen molar-refractivity contribution in [3.05, 3.63) is 71.8 Å². The predicted molar refractivity (Wildman–Crippen MR) is 100 cm³/mol. The van der Waals surface area contributed by atoms with E-state index >= 15 is 0 Å². The van der Waals surface area contributed by atoms with Gasteiger partial charge in [0.1, 0.15) is 12.1 Å². The smallest absolute Gasteiger partial charge is 0.323 e. The first kappa shape index (κ1) is 17.9. The number of hydrogen-bond acceptors (Lipinski definition) is 3. The van der Waals surface area contributed by atoms with Crippen molar-refractivity contribution in [2.24, 2.45) is 4.99 Å². The topological polar surface area (TPSA) is 70.0 Å². The van der Waals surface area contributed by atoms with Gasteiger partial charge in [0.25, 0.3) is 5.91 Å². The molecule has 3 rings (SSSR count). The third-order valence-electron chi connectivity index (χ3n) is 4.63. The molecule has 134 valence electrons. The molecule has 0 aliphatic carbocycles. The number of carboxylic acids is 1. The summed E-state index contributed by atoms with van der Waals surface area (Å²) in [5.74, 6) is -1.21. The van der Waals surface area contributed by atoms with Gasteiger partial charge in [-0.15, -0.1) is 0 Å². The van der Waals surface area contributed by atoms with Crippen molar-refractivity contribution < 1.29 is 14.7 Å². The Hall–Kier alpha value is -2.95. The zero-order valence-corrected chi connectivity index (χ0v) is 14.5. The molecule has 1 amide bonds. The minimum atomic E-state index is -0.999. The number of amides is 1. The van der Waals surface area contributed by atoms with Crippen molar-refractivity contribution in [1.29, 1.82) is 0 Å². The molecule has 5 heteroatoms. The van der Waals surface area contributed by atoms with E-state index < -0.39 is 11.5 Å². The quantitative estimate of drug-likeness (QED) is 0.815. The Labute approximate surface area is 153 Å². The number of carboxylic acid groups (broad SMARTS) is 1. The summed E-state index contributed by atoms with van der Waals surface area (Å²) in [6.45, 7) is 0.179. The van der Waals surface area contributed by atoms with Crippen LogP contribution in [0.4, 0.5) is 0 Å². The third-order valence-corrected chi connectivity index (χ3v) is 4.63. The number of likely N-dealkylation sites (tertiary alicyclic amines) is 1. The van der Waals surface area contributed by atoms with E-state index in [1.165, 1.54) is 4.90 Å². The Morgan fingerprint density at radius 1 is 1.12 bits per heavy atom. The summed E-state index contributed by atoms with van der Waals surface area (Å²) >= 11 is 0. The van der Waals surface area contributed by atoms with Gasteiger partial charge in [-0.25, -0.2) is 0 Å². The van der Waals surface area contributed by atoms with Gasteiger partial charge in [-0.3, -0.25) is 14.6 Å². The van der Waals surface area contributed by atoms with Crippen LogP contribution in [-0.4, -0.2) is 46.7 Å². The number of carbonyl (C=O) groups is 2. The van der Waals surface area contributed by atoms with Crippen molar-refractivity contribution in [2.75, 3.05) is 13.1 Å². The molecule has 0 bridgehead atoms. The zero-order chi connectivity index (χ0) is 18.4.